The average molecular weight is 340 g/mol. The minimum atomic E-state index is -0.222. The van der Waals surface area contributed by atoms with Crippen LogP contribution in [0.25, 0.3) is 10.2 Å². The summed E-state index contributed by atoms with van der Waals surface area (Å²) in [7, 11) is 0. The molecule has 0 saturated carbocycles. The Morgan fingerprint density at radius 2 is 1.78 bits per heavy atom. The zero-order valence-corrected chi connectivity index (χ0v) is 13.9. The lowest BCUT2D eigenvalue weighted by molar-refractivity contribution is 0.0642. The molecule has 1 aliphatic rings. The van der Waals surface area contributed by atoms with Crippen LogP contribution in [0.5, 0.6) is 0 Å². The van der Waals surface area contributed by atoms with Gasteiger partial charge in [0.2, 0.25) is 0 Å². The maximum Gasteiger partial charge on any atom is 0.261 e. The number of thioether (sulfide) groups is 1. The SMILES string of the molecule is CSc1nc2ccc(CN3C(=O)c4ccccc4C3=O)cc2s1. The first-order valence-electron chi connectivity index (χ1n) is 7.06. The summed E-state index contributed by atoms with van der Waals surface area (Å²) in [6.07, 6.45) is 2.00. The molecule has 0 fully saturated rings. The fourth-order valence-electron chi connectivity index (χ4n) is 2.70. The average Bonchev–Trinajstić information content (AvgIpc) is 3.09. The lowest BCUT2D eigenvalue weighted by Gasteiger charge is -2.13. The van der Waals surface area contributed by atoms with Crippen molar-refractivity contribution in [1.82, 2.24) is 9.88 Å². The molecule has 2 aromatic carbocycles. The van der Waals surface area contributed by atoms with Gasteiger partial charge in [-0.05, 0) is 36.1 Å². The van der Waals surface area contributed by atoms with Crippen molar-refractivity contribution in [2.24, 2.45) is 0 Å². The first kappa shape index (κ1) is 14.4. The van der Waals surface area contributed by atoms with Gasteiger partial charge in [-0.3, -0.25) is 14.5 Å². The molecule has 0 radical (unpaired) electrons. The number of hydrogen-bond acceptors (Lipinski definition) is 5. The largest absolute Gasteiger partial charge is 0.270 e. The zero-order chi connectivity index (χ0) is 16.0. The number of nitrogens with zero attached hydrogens (tertiary/aromatic N) is 2. The molecule has 6 heteroatoms. The first-order valence-corrected chi connectivity index (χ1v) is 9.10. The Hall–Kier alpha value is -2.18. The van der Waals surface area contributed by atoms with Gasteiger partial charge in [0.15, 0.2) is 4.34 Å². The van der Waals surface area contributed by atoms with Gasteiger partial charge >= 0.3 is 0 Å². The van der Waals surface area contributed by atoms with Crippen LogP contribution in [0.3, 0.4) is 0 Å². The maximum absolute atomic E-state index is 12.4. The number of benzene rings is 2. The lowest BCUT2D eigenvalue weighted by Crippen LogP contribution is -2.29. The minimum Gasteiger partial charge on any atom is -0.270 e. The van der Waals surface area contributed by atoms with Gasteiger partial charge in [-0.1, -0.05) is 30.0 Å². The van der Waals surface area contributed by atoms with Crippen molar-refractivity contribution in [3.63, 3.8) is 0 Å². The molecule has 2 amide bonds. The number of carbonyl (C=O) groups is 2. The van der Waals surface area contributed by atoms with Crippen molar-refractivity contribution in [3.05, 3.63) is 59.2 Å². The number of carbonyl (C=O) groups excluding carboxylic acids is 2. The standard InChI is InChI=1S/C17H12N2O2S2/c1-22-17-18-13-7-6-10(8-14(13)23-17)9-19-15(20)11-4-2-3-5-12(11)16(19)21/h2-8H,9H2,1H3. The second kappa shape index (κ2) is 5.47. The lowest BCUT2D eigenvalue weighted by atomic mass is 10.1. The van der Waals surface area contributed by atoms with Crippen molar-refractivity contribution in [2.45, 2.75) is 10.9 Å². The Balaban J connectivity index is 1.66. The van der Waals surface area contributed by atoms with Crippen LogP contribution < -0.4 is 0 Å². The summed E-state index contributed by atoms with van der Waals surface area (Å²) in [5, 5.41) is 0. The number of rotatable bonds is 3. The highest BCUT2D eigenvalue weighted by atomic mass is 32.2. The molecule has 1 aliphatic heterocycles. The Morgan fingerprint density at radius 3 is 2.43 bits per heavy atom. The molecule has 0 unspecified atom stereocenters. The van der Waals surface area contributed by atoms with E-state index in [-0.39, 0.29) is 18.4 Å². The Kier molecular flexibility index (Phi) is 3.43. The number of fused-ring (bicyclic) bond motifs is 2. The molecule has 1 aromatic heterocycles. The number of aromatic nitrogens is 1. The third kappa shape index (κ3) is 2.34. The summed E-state index contributed by atoms with van der Waals surface area (Å²) in [6.45, 7) is 0.286. The smallest absolute Gasteiger partial charge is 0.261 e. The molecule has 4 rings (SSSR count). The van der Waals surface area contributed by atoms with Gasteiger partial charge in [0, 0.05) is 0 Å². The van der Waals surface area contributed by atoms with Crippen molar-refractivity contribution >= 4 is 45.1 Å². The van der Waals surface area contributed by atoms with Gasteiger partial charge in [-0.25, -0.2) is 4.98 Å². The predicted octanol–water partition coefficient (Wildman–Crippen LogP) is 3.81. The van der Waals surface area contributed by atoms with E-state index in [1.165, 1.54) is 4.90 Å². The predicted molar refractivity (Wildman–Crippen MR) is 92.0 cm³/mol. The molecule has 0 saturated heterocycles. The van der Waals surface area contributed by atoms with Crippen LogP contribution in [0.2, 0.25) is 0 Å². The molecule has 3 aromatic rings. The van der Waals surface area contributed by atoms with Crippen LogP contribution in [0.1, 0.15) is 26.3 Å². The van der Waals surface area contributed by atoms with E-state index >= 15 is 0 Å². The molecular formula is C17H12N2O2S2. The molecule has 4 nitrogen and oxygen atoms in total. The molecule has 23 heavy (non-hydrogen) atoms. The highest BCUT2D eigenvalue weighted by molar-refractivity contribution is 8.00. The summed E-state index contributed by atoms with van der Waals surface area (Å²) in [5.41, 5.74) is 2.86. The number of amides is 2. The van der Waals surface area contributed by atoms with Gasteiger partial charge in [0.05, 0.1) is 27.9 Å². The van der Waals surface area contributed by atoms with Crippen LogP contribution >= 0.6 is 23.1 Å². The Morgan fingerprint density at radius 1 is 1.09 bits per heavy atom. The second-order valence-electron chi connectivity index (χ2n) is 5.23. The van der Waals surface area contributed by atoms with E-state index in [0.29, 0.717) is 11.1 Å². The molecule has 0 spiro atoms. The number of hydrogen-bond donors (Lipinski definition) is 0. The van der Waals surface area contributed by atoms with Gasteiger partial charge in [0.1, 0.15) is 0 Å². The summed E-state index contributed by atoms with van der Waals surface area (Å²) in [4.78, 5) is 30.6. The van der Waals surface area contributed by atoms with Crippen LogP contribution in [-0.2, 0) is 6.54 Å². The van der Waals surface area contributed by atoms with Crippen molar-refractivity contribution in [3.8, 4) is 0 Å². The highest BCUT2D eigenvalue weighted by Gasteiger charge is 2.34. The van der Waals surface area contributed by atoms with E-state index in [1.54, 1.807) is 47.4 Å². The molecule has 0 atom stereocenters. The Bertz CT molecular complexity index is 914. The van der Waals surface area contributed by atoms with Crippen molar-refractivity contribution in [2.75, 3.05) is 6.26 Å². The second-order valence-corrected chi connectivity index (χ2v) is 7.31. The fourth-order valence-corrected chi connectivity index (χ4v) is 4.25. The van der Waals surface area contributed by atoms with E-state index in [9.17, 15) is 9.59 Å². The maximum atomic E-state index is 12.4. The van der Waals surface area contributed by atoms with Gasteiger partial charge in [0.25, 0.3) is 11.8 Å². The number of thiazole rings is 1. The van der Waals surface area contributed by atoms with E-state index in [2.05, 4.69) is 4.98 Å². The summed E-state index contributed by atoms with van der Waals surface area (Å²) in [6, 6.07) is 12.8. The van der Waals surface area contributed by atoms with E-state index in [4.69, 9.17) is 0 Å². The van der Waals surface area contributed by atoms with E-state index in [0.717, 1.165) is 20.1 Å². The first-order chi connectivity index (χ1) is 11.2. The van der Waals surface area contributed by atoms with Crippen LogP contribution in [-0.4, -0.2) is 28.0 Å². The van der Waals surface area contributed by atoms with Gasteiger partial charge in [-0.15, -0.1) is 11.3 Å². The van der Waals surface area contributed by atoms with Crippen molar-refractivity contribution in [1.29, 1.82) is 0 Å². The summed E-state index contributed by atoms with van der Waals surface area (Å²) in [5.74, 6) is -0.445. The third-order valence-corrected chi connectivity index (χ3v) is 5.83. The summed E-state index contributed by atoms with van der Waals surface area (Å²) < 4.78 is 2.08. The number of imide groups is 1. The molecule has 0 aliphatic carbocycles. The van der Waals surface area contributed by atoms with Gasteiger partial charge in [-0.2, -0.15) is 0 Å². The van der Waals surface area contributed by atoms with Crippen molar-refractivity contribution < 1.29 is 9.59 Å². The van der Waals surface area contributed by atoms with E-state index in [1.807, 2.05) is 24.5 Å². The van der Waals surface area contributed by atoms with Crippen LogP contribution in [0.15, 0.2) is 46.8 Å². The topological polar surface area (TPSA) is 50.3 Å². The molecule has 0 bridgehead atoms. The molecule has 2 heterocycles. The molecular weight excluding hydrogens is 328 g/mol. The third-order valence-electron chi connectivity index (χ3n) is 3.83. The zero-order valence-electron chi connectivity index (χ0n) is 12.3. The van der Waals surface area contributed by atoms with E-state index < -0.39 is 0 Å². The highest BCUT2D eigenvalue weighted by Crippen LogP contribution is 2.30. The Labute approximate surface area is 141 Å². The molecule has 0 N–H and O–H groups in total. The molecule has 114 valence electrons. The van der Waals surface area contributed by atoms with Gasteiger partial charge < -0.3 is 0 Å². The fraction of sp³-hybridized carbons (Fsp3) is 0.118. The van der Waals surface area contributed by atoms with Crippen LogP contribution in [0, 0.1) is 0 Å². The summed E-state index contributed by atoms with van der Waals surface area (Å²) >= 11 is 3.24. The minimum absolute atomic E-state index is 0.222. The van der Waals surface area contributed by atoms with Crippen LogP contribution in [0.4, 0.5) is 0 Å². The normalized spacial score (nSPS) is 13.9. The quantitative estimate of drug-likeness (QED) is 0.537. The monoisotopic (exact) mass is 340 g/mol.